The predicted octanol–water partition coefficient (Wildman–Crippen LogP) is 4.20. The fourth-order valence-corrected chi connectivity index (χ4v) is 4.08. The molecule has 0 fully saturated rings. The first-order chi connectivity index (χ1) is 14.3. The lowest BCUT2D eigenvalue weighted by molar-refractivity contribution is -0.122. The Morgan fingerprint density at radius 2 is 1.77 bits per heavy atom. The third-order valence-electron chi connectivity index (χ3n) is 4.48. The highest BCUT2D eigenvalue weighted by molar-refractivity contribution is 7.99. The Labute approximate surface area is 177 Å². The van der Waals surface area contributed by atoms with Crippen LogP contribution >= 0.6 is 11.8 Å². The third kappa shape index (κ3) is 4.96. The van der Waals surface area contributed by atoms with Gasteiger partial charge in [0.1, 0.15) is 0 Å². The van der Waals surface area contributed by atoms with E-state index in [0.29, 0.717) is 11.0 Å². The van der Waals surface area contributed by atoms with Crippen LogP contribution in [-0.2, 0) is 9.59 Å². The number of aryl methyl sites for hydroxylation is 3. The van der Waals surface area contributed by atoms with Crippen LogP contribution in [-0.4, -0.2) is 33.7 Å². The Bertz CT molecular complexity index is 1070. The number of imidazole rings is 1. The van der Waals surface area contributed by atoms with Crippen LogP contribution in [0.2, 0.25) is 0 Å². The Morgan fingerprint density at radius 3 is 2.43 bits per heavy atom. The van der Waals surface area contributed by atoms with E-state index in [-0.39, 0.29) is 23.4 Å². The number of rotatable bonds is 7. The lowest BCUT2D eigenvalue weighted by Crippen LogP contribution is -2.34. The SMILES string of the molecule is Cc1cc(C)c(NC(=O)CNC(=O)CSc2nc3ccccc3n2C(F)F)c(C)c1. The maximum atomic E-state index is 13.4. The molecule has 0 atom stereocenters. The summed E-state index contributed by atoms with van der Waals surface area (Å²) in [5, 5.41) is 5.36. The van der Waals surface area contributed by atoms with Gasteiger partial charge in [-0.2, -0.15) is 8.78 Å². The second-order valence-electron chi connectivity index (χ2n) is 6.92. The highest BCUT2D eigenvalue weighted by atomic mass is 32.2. The molecule has 1 aromatic heterocycles. The topological polar surface area (TPSA) is 76.0 Å². The number of para-hydroxylation sites is 2. The molecule has 9 heteroatoms. The van der Waals surface area contributed by atoms with Crippen LogP contribution in [0.4, 0.5) is 14.5 Å². The Balaban J connectivity index is 1.56. The smallest absolute Gasteiger partial charge is 0.321 e. The van der Waals surface area contributed by atoms with E-state index in [1.165, 1.54) is 0 Å². The van der Waals surface area contributed by atoms with Crippen LogP contribution in [0.15, 0.2) is 41.6 Å². The van der Waals surface area contributed by atoms with Crippen molar-refractivity contribution in [3.8, 4) is 0 Å². The first kappa shape index (κ1) is 21.8. The average molecular weight is 432 g/mol. The summed E-state index contributed by atoms with van der Waals surface area (Å²) < 4.78 is 27.6. The molecule has 0 aliphatic rings. The molecule has 158 valence electrons. The zero-order valence-corrected chi connectivity index (χ0v) is 17.6. The van der Waals surface area contributed by atoms with E-state index in [1.54, 1.807) is 24.3 Å². The lowest BCUT2D eigenvalue weighted by Gasteiger charge is -2.13. The minimum atomic E-state index is -2.77. The fraction of sp³-hybridized carbons (Fsp3) is 0.286. The summed E-state index contributed by atoms with van der Waals surface area (Å²) in [6.45, 7) is 2.80. The van der Waals surface area contributed by atoms with E-state index in [1.807, 2.05) is 32.9 Å². The largest absolute Gasteiger partial charge is 0.346 e. The van der Waals surface area contributed by atoms with Gasteiger partial charge in [0.25, 0.3) is 0 Å². The van der Waals surface area contributed by atoms with Crippen molar-refractivity contribution in [2.45, 2.75) is 32.5 Å². The number of benzene rings is 2. The van der Waals surface area contributed by atoms with Crippen LogP contribution in [0.1, 0.15) is 23.2 Å². The minimum absolute atomic E-state index is 0.0525. The molecule has 2 aromatic carbocycles. The van der Waals surface area contributed by atoms with E-state index >= 15 is 0 Å². The van der Waals surface area contributed by atoms with Crippen LogP contribution in [0, 0.1) is 20.8 Å². The Hall–Kier alpha value is -2.94. The Morgan fingerprint density at radius 1 is 1.10 bits per heavy atom. The molecular weight excluding hydrogens is 410 g/mol. The van der Waals surface area contributed by atoms with E-state index < -0.39 is 12.5 Å². The number of halogens is 2. The summed E-state index contributed by atoms with van der Waals surface area (Å²) in [7, 11) is 0. The number of thioether (sulfide) groups is 1. The van der Waals surface area contributed by atoms with E-state index in [4.69, 9.17) is 0 Å². The van der Waals surface area contributed by atoms with Gasteiger partial charge in [0.2, 0.25) is 11.8 Å². The van der Waals surface area contributed by atoms with Crippen molar-refractivity contribution >= 4 is 40.3 Å². The minimum Gasteiger partial charge on any atom is -0.346 e. The van der Waals surface area contributed by atoms with Crippen LogP contribution in [0.5, 0.6) is 0 Å². The predicted molar refractivity (Wildman–Crippen MR) is 114 cm³/mol. The number of carbonyl (C=O) groups excluding carboxylic acids is 2. The Kier molecular flexibility index (Phi) is 6.71. The number of carbonyl (C=O) groups is 2. The van der Waals surface area contributed by atoms with Crippen LogP contribution in [0.3, 0.4) is 0 Å². The van der Waals surface area contributed by atoms with Crippen molar-refractivity contribution in [2.75, 3.05) is 17.6 Å². The fourth-order valence-electron chi connectivity index (χ4n) is 3.23. The van der Waals surface area contributed by atoms with Gasteiger partial charge in [-0.15, -0.1) is 0 Å². The summed E-state index contributed by atoms with van der Waals surface area (Å²) in [6, 6.07) is 10.5. The molecule has 0 aliphatic heterocycles. The number of amides is 2. The van der Waals surface area contributed by atoms with Gasteiger partial charge in [-0.3, -0.25) is 14.2 Å². The molecule has 0 bridgehead atoms. The molecule has 0 saturated carbocycles. The number of alkyl halides is 2. The standard InChI is InChI=1S/C21H22F2N4O2S/c1-12-8-13(2)19(14(3)9-12)26-17(28)10-24-18(29)11-30-21-25-15-6-4-5-7-16(15)27(21)20(22)23/h4-9,20H,10-11H2,1-3H3,(H,24,29)(H,26,28). The number of fused-ring (bicyclic) bond motifs is 1. The molecule has 0 unspecified atom stereocenters. The molecule has 0 aliphatic carbocycles. The van der Waals surface area contributed by atoms with Crippen LogP contribution < -0.4 is 10.6 Å². The number of nitrogens with zero attached hydrogens (tertiary/aromatic N) is 2. The summed E-state index contributed by atoms with van der Waals surface area (Å²) >= 11 is 0.899. The van der Waals surface area contributed by atoms with Crippen molar-refractivity contribution in [2.24, 2.45) is 0 Å². The molecule has 1 heterocycles. The van der Waals surface area contributed by atoms with Gasteiger partial charge in [0, 0.05) is 5.69 Å². The van der Waals surface area contributed by atoms with Gasteiger partial charge < -0.3 is 10.6 Å². The van der Waals surface area contributed by atoms with E-state index in [2.05, 4.69) is 15.6 Å². The number of hydrogen-bond acceptors (Lipinski definition) is 4. The van der Waals surface area contributed by atoms with Gasteiger partial charge in [-0.05, 0) is 44.0 Å². The van der Waals surface area contributed by atoms with Gasteiger partial charge in [0.05, 0.1) is 23.3 Å². The number of hydrogen-bond donors (Lipinski definition) is 2. The molecular formula is C21H22F2N4O2S. The number of nitrogens with one attached hydrogen (secondary N) is 2. The van der Waals surface area contributed by atoms with Gasteiger partial charge in [0.15, 0.2) is 5.16 Å². The zero-order chi connectivity index (χ0) is 21.8. The molecule has 30 heavy (non-hydrogen) atoms. The van der Waals surface area contributed by atoms with Crippen molar-refractivity contribution in [1.29, 1.82) is 0 Å². The van der Waals surface area contributed by atoms with Gasteiger partial charge >= 0.3 is 6.55 Å². The lowest BCUT2D eigenvalue weighted by atomic mass is 10.1. The zero-order valence-electron chi connectivity index (χ0n) is 16.8. The quantitative estimate of drug-likeness (QED) is 0.549. The maximum absolute atomic E-state index is 13.4. The van der Waals surface area contributed by atoms with Crippen molar-refractivity contribution in [3.05, 3.63) is 53.1 Å². The monoisotopic (exact) mass is 432 g/mol. The summed E-state index contributed by atoms with van der Waals surface area (Å²) in [6.07, 6.45) is 0. The van der Waals surface area contributed by atoms with E-state index in [0.717, 1.165) is 38.7 Å². The van der Waals surface area contributed by atoms with Crippen LogP contribution in [0.25, 0.3) is 11.0 Å². The summed E-state index contributed by atoms with van der Waals surface area (Å²) in [4.78, 5) is 28.5. The second-order valence-corrected chi connectivity index (χ2v) is 7.86. The average Bonchev–Trinajstić information content (AvgIpc) is 3.06. The summed E-state index contributed by atoms with van der Waals surface area (Å²) in [5.41, 5.74) is 4.44. The highest BCUT2D eigenvalue weighted by Gasteiger charge is 2.19. The first-order valence-electron chi connectivity index (χ1n) is 9.28. The first-order valence-corrected chi connectivity index (χ1v) is 10.3. The molecule has 6 nitrogen and oxygen atoms in total. The summed E-state index contributed by atoms with van der Waals surface area (Å²) in [5.74, 6) is -0.935. The number of aromatic nitrogens is 2. The molecule has 2 N–H and O–H groups in total. The molecule has 2 amide bonds. The molecule has 3 aromatic rings. The van der Waals surface area contributed by atoms with Gasteiger partial charge in [-0.25, -0.2) is 4.98 Å². The highest BCUT2D eigenvalue weighted by Crippen LogP contribution is 2.29. The number of anilines is 1. The molecule has 0 radical (unpaired) electrons. The molecule has 3 rings (SSSR count). The maximum Gasteiger partial charge on any atom is 0.321 e. The van der Waals surface area contributed by atoms with Crippen molar-refractivity contribution < 1.29 is 18.4 Å². The van der Waals surface area contributed by atoms with E-state index in [9.17, 15) is 18.4 Å². The van der Waals surface area contributed by atoms with Crippen molar-refractivity contribution in [1.82, 2.24) is 14.9 Å². The molecule has 0 spiro atoms. The van der Waals surface area contributed by atoms with Gasteiger partial charge in [-0.1, -0.05) is 41.6 Å². The normalized spacial score (nSPS) is 11.1. The molecule has 0 saturated heterocycles. The van der Waals surface area contributed by atoms with Crippen molar-refractivity contribution in [3.63, 3.8) is 0 Å². The second kappa shape index (κ2) is 9.25. The third-order valence-corrected chi connectivity index (χ3v) is 5.43.